The molecule has 0 aliphatic carbocycles. The number of aliphatic hydroxyl groups excluding tert-OH is 7. The molecule has 11 atom stereocenters. The third-order valence-electron chi connectivity index (χ3n) is 12.1. The molecule has 2 heterocycles. The van der Waals surface area contributed by atoms with Gasteiger partial charge < -0.3 is 64.2 Å². The molecule has 0 saturated carbocycles. The van der Waals surface area contributed by atoms with Gasteiger partial charge in [-0.05, 0) is 12.8 Å². The van der Waals surface area contributed by atoms with Crippen LogP contribution in [0.3, 0.4) is 0 Å². The van der Waals surface area contributed by atoms with E-state index < -0.39 is 92.7 Å². The Morgan fingerprint density at radius 1 is 0.452 bits per heavy atom. The van der Waals surface area contributed by atoms with E-state index in [1.54, 1.807) is 0 Å². The van der Waals surface area contributed by atoms with E-state index in [2.05, 4.69) is 13.8 Å². The summed E-state index contributed by atoms with van der Waals surface area (Å²) >= 11 is 0. The number of rotatable bonds is 38. The number of carbonyl (C=O) groups excluding carboxylic acids is 2. The van der Waals surface area contributed by atoms with Gasteiger partial charge in [0.2, 0.25) is 0 Å². The Morgan fingerprint density at radius 2 is 0.823 bits per heavy atom. The Balaban J connectivity index is 1.71. The van der Waals surface area contributed by atoms with Gasteiger partial charge in [0, 0.05) is 12.8 Å². The molecule has 2 fully saturated rings. The van der Waals surface area contributed by atoms with E-state index in [-0.39, 0.29) is 26.1 Å². The van der Waals surface area contributed by atoms with Gasteiger partial charge in [0.15, 0.2) is 18.7 Å². The summed E-state index contributed by atoms with van der Waals surface area (Å²) in [6, 6.07) is 0. The number of esters is 2. The second kappa shape index (κ2) is 35.7. The molecule has 0 amide bonds. The van der Waals surface area contributed by atoms with Crippen LogP contribution in [0, 0.1) is 0 Å². The Morgan fingerprint density at radius 3 is 1.26 bits per heavy atom. The largest absolute Gasteiger partial charge is 0.462 e. The van der Waals surface area contributed by atoms with Crippen molar-refractivity contribution in [3.8, 4) is 0 Å². The number of carbonyl (C=O) groups is 2. The lowest BCUT2D eigenvalue weighted by atomic mass is 9.98. The monoisotopic (exact) mass is 893 g/mol. The fraction of sp³-hybridized carbons (Fsp3) is 0.957. The van der Waals surface area contributed by atoms with Gasteiger partial charge in [-0.3, -0.25) is 9.59 Å². The lowest BCUT2D eigenvalue weighted by Crippen LogP contribution is -2.61. The average molecular weight is 893 g/mol. The predicted octanol–water partition coefficient (Wildman–Crippen LogP) is 6.04. The highest BCUT2D eigenvalue weighted by molar-refractivity contribution is 5.70. The molecule has 0 radical (unpaired) electrons. The van der Waals surface area contributed by atoms with E-state index >= 15 is 0 Å². The smallest absolute Gasteiger partial charge is 0.306 e. The zero-order valence-corrected chi connectivity index (χ0v) is 38.4. The first-order valence-corrected chi connectivity index (χ1v) is 24.6. The standard InChI is InChI=1S/C47H88O15/c1-3-5-7-9-10-11-12-13-14-15-16-17-18-19-20-21-22-23-24-26-28-30-39(50)60-35(32-57-38(49)29-27-25-8-6-4-2)33-58-46-45(56)43(54)41(52)37(62-46)34-59-47-44(55)42(53)40(51)36(31-48)61-47/h35-37,40-48,51-56H,3-34H2,1-2H3. The summed E-state index contributed by atoms with van der Waals surface area (Å²) < 4.78 is 33.3. The van der Waals surface area contributed by atoms with Gasteiger partial charge in [-0.25, -0.2) is 0 Å². The number of hydrogen-bond acceptors (Lipinski definition) is 15. The highest BCUT2D eigenvalue weighted by Gasteiger charge is 2.47. The fourth-order valence-electron chi connectivity index (χ4n) is 7.98. The van der Waals surface area contributed by atoms with Crippen molar-refractivity contribution in [1.29, 1.82) is 0 Å². The van der Waals surface area contributed by atoms with Crippen LogP contribution in [0.1, 0.15) is 194 Å². The van der Waals surface area contributed by atoms with Crippen molar-refractivity contribution in [2.45, 2.75) is 261 Å². The van der Waals surface area contributed by atoms with Crippen LogP contribution in [0.4, 0.5) is 0 Å². The summed E-state index contributed by atoms with van der Waals surface area (Å²) in [4.78, 5) is 25.4. The van der Waals surface area contributed by atoms with Crippen molar-refractivity contribution in [2.75, 3.05) is 26.4 Å². The minimum absolute atomic E-state index is 0.172. The Labute approximate surface area is 372 Å². The molecule has 0 aromatic rings. The van der Waals surface area contributed by atoms with Crippen LogP contribution < -0.4 is 0 Å². The molecule has 2 rings (SSSR count). The predicted molar refractivity (Wildman–Crippen MR) is 234 cm³/mol. The molecule has 0 aromatic heterocycles. The minimum atomic E-state index is -1.76. The third-order valence-corrected chi connectivity index (χ3v) is 12.1. The van der Waals surface area contributed by atoms with E-state index in [0.29, 0.717) is 12.8 Å². The first kappa shape index (κ1) is 56.6. The zero-order chi connectivity index (χ0) is 45.4. The molecule has 15 heteroatoms. The molecular weight excluding hydrogens is 805 g/mol. The van der Waals surface area contributed by atoms with E-state index in [9.17, 15) is 45.3 Å². The summed E-state index contributed by atoms with van der Waals surface area (Å²) in [5.41, 5.74) is 0. The maximum absolute atomic E-state index is 12.9. The molecular formula is C47H88O15. The molecule has 62 heavy (non-hydrogen) atoms. The summed E-state index contributed by atoms with van der Waals surface area (Å²) in [5.74, 6) is -0.928. The van der Waals surface area contributed by atoms with Crippen LogP contribution in [0.5, 0.6) is 0 Å². The second-order valence-electron chi connectivity index (χ2n) is 17.7. The summed E-state index contributed by atoms with van der Waals surface area (Å²) in [5, 5.41) is 71.7. The minimum Gasteiger partial charge on any atom is -0.462 e. The summed E-state index contributed by atoms with van der Waals surface area (Å²) in [6.45, 7) is 2.51. The van der Waals surface area contributed by atoms with Gasteiger partial charge in [0.1, 0.15) is 55.4 Å². The average Bonchev–Trinajstić information content (AvgIpc) is 3.26. The van der Waals surface area contributed by atoms with Crippen molar-refractivity contribution >= 4 is 11.9 Å². The van der Waals surface area contributed by atoms with Crippen molar-refractivity contribution in [2.24, 2.45) is 0 Å². The summed E-state index contributed by atoms with van der Waals surface area (Å²) in [7, 11) is 0. The van der Waals surface area contributed by atoms with Gasteiger partial charge in [0.05, 0.1) is 19.8 Å². The normalized spacial score (nSPS) is 27.0. The van der Waals surface area contributed by atoms with Gasteiger partial charge >= 0.3 is 11.9 Å². The first-order valence-electron chi connectivity index (χ1n) is 24.6. The first-order chi connectivity index (χ1) is 30.0. The van der Waals surface area contributed by atoms with Gasteiger partial charge in [-0.1, -0.05) is 168 Å². The van der Waals surface area contributed by atoms with Gasteiger partial charge in [0.25, 0.3) is 0 Å². The van der Waals surface area contributed by atoms with Crippen LogP contribution >= 0.6 is 0 Å². The Hall–Kier alpha value is -1.50. The molecule has 0 aromatic carbocycles. The van der Waals surface area contributed by atoms with Crippen LogP contribution in [-0.4, -0.2) is 142 Å². The lowest BCUT2D eigenvalue weighted by Gasteiger charge is -2.42. The van der Waals surface area contributed by atoms with E-state index in [0.717, 1.165) is 44.9 Å². The van der Waals surface area contributed by atoms with Crippen LogP contribution in [0.25, 0.3) is 0 Å². The van der Waals surface area contributed by atoms with Crippen LogP contribution in [0.2, 0.25) is 0 Å². The third kappa shape index (κ3) is 24.1. The fourth-order valence-corrected chi connectivity index (χ4v) is 7.98. The van der Waals surface area contributed by atoms with Crippen LogP contribution in [0.15, 0.2) is 0 Å². The topological polar surface area (TPSA) is 231 Å². The highest BCUT2D eigenvalue weighted by atomic mass is 16.7. The highest BCUT2D eigenvalue weighted by Crippen LogP contribution is 2.26. The number of hydrogen-bond donors (Lipinski definition) is 7. The SMILES string of the molecule is CCCCCCCCCCCCCCCCCCCCCCCC(=O)OC(COC(=O)CCCCCCC)COC1OC(COC2OC(CO)C(O)C(O)C2O)C(O)C(O)C1O. The second-order valence-corrected chi connectivity index (χ2v) is 17.7. The number of unbranched alkanes of at least 4 members (excludes halogenated alkanes) is 24. The molecule has 0 spiro atoms. The van der Waals surface area contributed by atoms with Crippen molar-refractivity contribution in [3.05, 3.63) is 0 Å². The number of aliphatic hydroxyl groups is 7. The lowest BCUT2D eigenvalue weighted by molar-refractivity contribution is -0.332. The molecule has 2 aliphatic heterocycles. The molecule has 2 saturated heterocycles. The summed E-state index contributed by atoms with van der Waals surface area (Å²) in [6.07, 6.45) is 14.9. The maximum atomic E-state index is 12.9. The van der Waals surface area contributed by atoms with Gasteiger partial charge in [-0.2, -0.15) is 0 Å². The quantitative estimate of drug-likeness (QED) is 0.0277. The molecule has 0 bridgehead atoms. The molecule has 366 valence electrons. The van der Waals surface area contributed by atoms with Crippen molar-refractivity contribution < 1.29 is 73.8 Å². The van der Waals surface area contributed by atoms with E-state index in [1.807, 2.05) is 0 Å². The Kier molecular flexibility index (Phi) is 32.6. The Bertz CT molecular complexity index is 1100. The van der Waals surface area contributed by atoms with Gasteiger partial charge in [-0.15, -0.1) is 0 Å². The van der Waals surface area contributed by atoms with Crippen molar-refractivity contribution in [1.82, 2.24) is 0 Å². The molecule has 11 unspecified atom stereocenters. The number of ether oxygens (including phenoxy) is 6. The molecule has 15 nitrogen and oxygen atoms in total. The molecule has 7 N–H and O–H groups in total. The van der Waals surface area contributed by atoms with Crippen LogP contribution in [-0.2, 0) is 38.0 Å². The maximum Gasteiger partial charge on any atom is 0.306 e. The van der Waals surface area contributed by atoms with E-state index in [4.69, 9.17) is 28.4 Å². The van der Waals surface area contributed by atoms with E-state index in [1.165, 1.54) is 109 Å². The zero-order valence-electron chi connectivity index (χ0n) is 38.4. The van der Waals surface area contributed by atoms with Crippen molar-refractivity contribution in [3.63, 3.8) is 0 Å². The molecule has 2 aliphatic rings.